The second-order valence-corrected chi connectivity index (χ2v) is 1.19. The summed E-state index contributed by atoms with van der Waals surface area (Å²) in [6.07, 6.45) is 4.65. The minimum atomic E-state index is 0.347. The minimum absolute atomic E-state index is 0.347. The van der Waals surface area contributed by atoms with E-state index in [1.165, 1.54) is 0 Å². The van der Waals surface area contributed by atoms with Crippen molar-refractivity contribution < 1.29 is 4.74 Å². The molecule has 0 radical (unpaired) electrons. The van der Waals surface area contributed by atoms with Crippen LogP contribution in [0.4, 0.5) is 0 Å². The van der Waals surface area contributed by atoms with Crippen molar-refractivity contribution in [2.24, 2.45) is 5.73 Å². The molecule has 0 amide bonds. The van der Waals surface area contributed by atoms with Gasteiger partial charge in [0.15, 0.2) is 0 Å². The zero-order chi connectivity index (χ0) is 7.54. The highest BCUT2D eigenvalue weighted by atomic mass is 16.5. The molecule has 0 heterocycles. The molecular weight excluding hydrogens is 114 g/mol. The Kier molecular flexibility index (Phi) is 19.6. The fraction of sp³-hybridized carbons (Fsp3) is 0.714. The molecule has 0 rings (SSSR count). The third-order valence-corrected chi connectivity index (χ3v) is 0.526. The highest BCUT2D eigenvalue weighted by molar-refractivity contribution is 4.83. The van der Waals surface area contributed by atoms with E-state index >= 15 is 0 Å². The largest absolute Gasteiger partial charge is 0.382 e. The molecule has 0 aliphatic heterocycles. The lowest BCUT2D eigenvalue weighted by Gasteiger charge is -1.86. The average molecular weight is 129 g/mol. The van der Waals surface area contributed by atoms with Crippen LogP contribution in [0.5, 0.6) is 0 Å². The molecule has 0 saturated carbocycles. The van der Waals surface area contributed by atoms with Crippen molar-refractivity contribution in [3.8, 4) is 12.3 Å². The highest BCUT2D eigenvalue weighted by Crippen LogP contribution is 1.64. The first-order valence-corrected chi connectivity index (χ1v) is 3.04. The zero-order valence-corrected chi connectivity index (χ0v) is 6.18. The Hall–Kier alpha value is -0.520. The van der Waals surface area contributed by atoms with Gasteiger partial charge in [-0.2, -0.15) is 0 Å². The van der Waals surface area contributed by atoms with Crippen LogP contribution in [0, 0.1) is 12.3 Å². The van der Waals surface area contributed by atoms with Crippen molar-refractivity contribution in [3.63, 3.8) is 0 Å². The number of rotatable bonds is 2. The molecule has 0 fully saturated rings. The molecule has 0 aromatic carbocycles. The Morgan fingerprint density at radius 3 is 1.78 bits per heavy atom. The van der Waals surface area contributed by atoms with Gasteiger partial charge in [-0.25, -0.2) is 0 Å². The fourth-order valence-corrected chi connectivity index (χ4v) is 0.204. The van der Waals surface area contributed by atoms with Crippen LogP contribution in [0.1, 0.15) is 13.8 Å². The Bertz CT molecular complexity index is 63.8. The first kappa shape index (κ1) is 11.3. The van der Waals surface area contributed by atoms with E-state index < -0.39 is 0 Å². The number of ether oxygens (including phenoxy) is 1. The summed E-state index contributed by atoms with van der Waals surface area (Å²) in [5.41, 5.74) is 4.79. The van der Waals surface area contributed by atoms with Gasteiger partial charge in [-0.15, -0.1) is 6.42 Å². The normalized spacial score (nSPS) is 6.89. The van der Waals surface area contributed by atoms with E-state index in [1.807, 2.05) is 13.8 Å². The number of nitrogens with two attached hydrogens (primary N) is 1. The van der Waals surface area contributed by atoms with Crippen molar-refractivity contribution in [3.05, 3.63) is 0 Å². The predicted molar refractivity (Wildman–Crippen MR) is 40.1 cm³/mol. The topological polar surface area (TPSA) is 35.2 Å². The van der Waals surface area contributed by atoms with Gasteiger partial charge in [0.25, 0.3) is 0 Å². The fourth-order valence-electron chi connectivity index (χ4n) is 0.204. The zero-order valence-electron chi connectivity index (χ0n) is 6.18. The average Bonchev–Trinajstić information content (AvgIpc) is 1.91. The standard InChI is InChI=1S/C4H10O.C3H5N/c1-3-5-4-2;1-2-3-4/h3-4H2,1-2H3;1H,3-4H2. The molecule has 0 aromatic heterocycles. The molecular formula is C7H15NO. The molecule has 9 heavy (non-hydrogen) atoms. The molecule has 0 spiro atoms. The van der Waals surface area contributed by atoms with Gasteiger partial charge in [0.1, 0.15) is 0 Å². The van der Waals surface area contributed by atoms with E-state index in [0.29, 0.717) is 6.54 Å². The second-order valence-electron chi connectivity index (χ2n) is 1.19. The van der Waals surface area contributed by atoms with Gasteiger partial charge in [-0.1, -0.05) is 5.92 Å². The van der Waals surface area contributed by atoms with Crippen LogP contribution in [0.2, 0.25) is 0 Å². The maximum atomic E-state index is 4.83. The van der Waals surface area contributed by atoms with Gasteiger partial charge in [-0.3, -0.25) is 0 Å². The lowest BCUT2D eigenvalue weighted by molar-refractivity contribution is 0.162. The van der Waals surface area contributed by atoms with Crippen LogP contribution in [-0.4, -0.2) is 19.8 Å². The highest BCUT2D eigenvalue weighted by Gasteiger charge is 1.64. The summed E-state index contributed by atoms with van der Waals surface area (Å²) in [4.78, 5) is 0. The molecule has 0 aliphatic carbocycles. The van der Waals surface area contributed by atoms with Crippen molar-refractivity contribution in [1.29, 1.82) is 0 Å². The van der Waals surface area contributed by atoms with E-state index in [0.717, 1.165) is 13.2 Å². The van der Waals surface area contributed by atoms with E-state index in [-0.39, 0.29) is 0 Å². The summed E-state index contributed by atoms with van der Waals surface area (Å²) in [5, 5.41) is 0. The number of terminal acetylenes is 1. The first-order valence-electron chi connectivity index (χ1n) is 3.04. The summed E-state index contributed by atoms with van der Waals surface area (Å²) < 4.78 is 4.83. The number of hydrogen-bond acceptors (Lipinski definition) is 2. The molecule has 0 unspecified atom stereocenters. The minimum Gasteiger partial charge on any atom is -0.382 e. The molecule has 0 atom stereocenters. The van der Waals surface area contributed by atoms with Crippen molar-refractivity contribution in [2.45, 2.75) is 13.8 Å². The maximum absolute atomic E-state index is 4.83. The molecule has 2 heteroatoms. The molecule has 0 aromatic rings. The molecule has 0 bridgehead atoms. The van der Waals surface area contributed by atoms with E-state index in [9.17, 15) is 0 Å². The van der Waals surface area contributed by atoms with Gasteiger partial charge in [0.2, 0.25) is 0 Å². The lowest BCUT2D eigenvalue weighted by Crippen LogP contribution is -1.91. The van der Waals surface area contributed by atoms with Crippen LogP contribution in [0.15, 0.2) is 0 Å². The Balaban J connectivity index is 0. The lowest BCUT2D eigenvalue weighted by atomic mass is 10.7. The summed E-state index contributed by atoms with van der Waals surface area (Å²) >= 11 is 0. The molecule has 2 N–H and O–H groups in total. The third-order valence-electron chi connectivity index (χ3n) is 0.526. The Labute approximate surface area is 57.4 Å². The van der Waals surface area contributed by atoms with E-state index in [4.69, 9.17) is 10.5 Å². The Morgan fingerprint density at radius 1 is 1.44 bits per heavy atom. The molecule has 2 nitrogen and oxygen atoms in total. The SMILES string of the molecule is C#CCN.CCOCC. The van der Waals surface area contributed by atoms with Gasteiger partial charge in [0, 0.05) is 13.2 Å². The molecule has 0 saturated heterocycles. The Morgan fingerprint density at radius 2 is 1.78 bits per heavy atom. The van der Waals surface area contributed by atoms with Crippen LogP contribution in [-0.2, 0) is 4.74 Å². The summed E-state index contributed by atoms with van der Waals surface area (Å²) in [6, 6.07) is 0. The van der Waals surface area contributed by atoms with Crippen LogP contribution in [0.25, 0.3) is 0 Å². The van der Waals surface area contributed by atoms with E-state index in [2.05, 4.69) is 12.3 Å². The summed E-state index contributed by atoms with van der Waals surface area (Å²) in [5.74, 6) is 2.21. The summed E-state index contributed by atoms with van der Waals surface area (Å²) in [6.45, 7) is 6.01. The van der Waals surface area contributed by atoms with Crippen LogP contribution >= 0.6 is 0 Å². The van der Waals surface area contributed by atoms with Crippen molar-refractivity contribution >= 4 is 0 Å². The monoisotopic (exact) mass is 129 g/mol. The number of hydrogen-bond donors (Lipinski definition) is 1. The second kappa shape index (κ2) is 15.6. The quantitative estimate of drug-likeness (QED) is 0.555. The van der Waals surface area contributed by atoms with Crippen LogP contribution < -0.4 is 5.73 Å². The van der Waals surface area contributed by atoms with Gasteiger partial charge >= 0.3 is 0 Å². The third kappa shape index (κ3) is 36.5. The van der Waals surface area contributed by atoms with Gasteiger partial charge in [0.05, 0.1) is 6.54 Å². The first-order chi connectivity index (χ1) is 4.33. The van der Waals surface area contributed by atoms with Gasteiger partial charge in [-0.05, 0) is 13.8 Å². The maximum Gasteiger partial charge on any atom is 0.0548 e. The smallest absolute Gasteiger partial charge is 0.0548 e. The molecule has 0 aliphatic rings. The molecule has 54 valence electrons. The van der Waals surface area contributed by atoms with Crippen molar-refractivity contribution in [2.75, 3.05) is 19.8 Å². The van der Waals surface area contributed by atoms with Gasteiger partial charge < -0.3 is 10.5 Å². The van der Waals surface area contributed by atoms with Crippen molar-refractivity contribution in [1.82, 2.24) is 0 Å². The van der Waals surface area contributed by atoms with Crippen LogP contribution in [0.3, 0.4) is 0 Å². The van der Waals surface area contributed by atoms with E-state index in [1.54, 1.807) is 0 Å². The predicted octanol–water partition coefficient (Wildman–Crippen LogP) is 0.621. The summed E-state index contributed by atoms with van der Waals surface area (Å²) in [7, 11) is 0.